The Balaban J connectivity index is 2.10. The molecule has 1 saturated heterocycles. The van der Waals surface area contributed by atoms with E-state index in [1.165, 1.54) is 0 Å². The number of piperazine rings is 1. The van der Waals surface area contributed by atoms with Crippen LogP contribution in [-0.2, 0) is 4.79 Å². The molecule has 1 rings (SSSR count). The molecular weight excluding hydrogens is 269 g/mol. The number of hydrogen-bond donors (Lipinski definition) is 1. The molecule has 1 aliphatic heterocycles. The number of nitrogens with zero attached hydrogens (tertiary/aromatic N) is 2. The van der Waals surface area contributed by atoms with Crippen molar-refractivity contribution < 1.29 is 23.1 Å². The summed E-state index contributed by atoms with van der Waals surface area (Å²) in [6, 6.07) is 0. The molecule has 18 heavy (non-hydrogen) atoms. The van der Waals surface area contributed by atoms with E-state index in [2.05, 4.69) is 0 Å². The molecule has 0 unspecified atom stereocenters. The lowest BCUT2D eigenvalue weighted by Gasteiger charge is -2.34. The Morgan fingerprint density at radius 2 is 1.61 bits per heavy atom. The predicted octanol–water partition coefficient (Wildman–Crippen LogP) is 1.33. The van der Waals surface area contributed by atoms with E-state index in [1.54, 1.807) is 0 Å². The lowest BCUT2D eigenvalue weighted by atomic mass is 10.3. The molecule has 4 nitrogen and oxygen atoms in total. The molecule has 0 spiro atoms. The van der Waals surface area contributed by atoms with Crippen LogP contribution in [0.5, 0.6) is 0 Å². The van der Waals surface area contributed by atoms with Crippen LogP contribution >= 0.6 is 11.8 Å². The summed E-state index contributed by atoms with van der Waals surface area (Å²) in [7, 11) is 0. The number of hydrogen-bond acceptors (Lipinski definition) is 4. The third-order valence-corrected chi connectivity index (χ3v) is 3.49. The number of aliphatic carboxylic acids is 1. The van der Waals surface area contributed by atoms with Crippen LogP contribution in [0.1, 0.15) is 6.42 Å². The molecule has 1 heterocycles. The highest BCUT2D eigenvalue weighted by Crippen LogP contribution is 2.29. The highest BCUT2D eigenvalue weighted by atomic mass is 32.2. The van der Waals surface area contributed by atoms with Gasteiger partial charge in [0, 0.05) is 45.0 Å². The average molecular weight is 286 g/mol. The molecule has 0 aromatic rings. The first-order chi connectivity index (χ1) is 8.37. The maximum Gasteiger partial charge on any atom is 0.441 e. The minimum atomic E-state index is -4.15. The van der Waals surface area contributed by atoms with Crippen molar-refractivity contribution in [3.05, 3.63) is 0 Å². The van der Waals surface area contributed by atoms with E-state index >= 15 is 0 Å². The number of carboxylic acid groups (broad SMARTS) is 1. The van der Waals surface area contributed by atoms with E-state index in [0.29, 0.717) is 26.2 Å². The maximum atomic E-state index is 11.9. The van der Waals surface area contributed by atoms with Gasteiger partial charge < -0.3 is 10.0 Å². The van der Waals surface area contributed by atoms with Crippen molar-refractivity contribution in [3.8, 4) is 0 Å². The molecule has 106 valence electrons. The fraction of sp³-hybridized carbons (Fsp3) is 0.900. The van der Waals surface area contributed by atoms with Crippen LogP contribution in [0.15, 0.2) is 0 Å². The van der Waals surface area contributed by atoms with Gasteiger partial charge in [0.2, 0.25) is 0 Å². The van der Waals surface area contributed by atoms with Gasteiger partial charge in [0.1, 0.15) is 0 Å². The van der Waals surface area contributed by atoms with E-state index < -0.39 is 11.5 Å². The molecular formula is C10H17F3N2O2S. The lowest BCUT2D eigenvalue weighted by Crippen LogP contribution is -2.47. The molecule has 0 aliphatic carbocycles. The standard InChI is InChI=1S/C10H17F3N2O2S/c11-10(12,13)18-8-7-15-5-3-14(4-6-15)2-1-9(16)17/h1-8H2,(H,16,17). The molecule has 0 aromatic heterocycles. The zero-order chi connectivity index (χ0) is 13.6. The van der Waals surface area contributed by atoms with Crippen molar-refractivity contribution in [2.75, 3.05) is 45.0 Å². The van der Waals surface area contributed by atoms with E-state index in [9.17, 15) is 18.0 Å². The second-order valence-electron chi connectivity index (χ2n) is 4.12. The number of rotatable bonds is 6. The molecule has 0 bridgehead atoms. The largest absolute Gasteiger partial charge is 0.481 e. The first-order valence-corrected chi connectivity index (χ1v) is 6.72. The van der Waals surface area contributed by atoms with Gasteiger partial charge >= 0.3 is 11.5 Å². The van der Waals surface area contributed by atoms with Crippen LogP contribution in [0.3, 0.4) is 0 Å². The van der Waals surface area contributed by atoms with Crippen LogP contribution in [0.25, 0.3) is 0 Å². The first-order valence-electron chi connectivity index (χ1n) is 5.74. The van der Waals surface area contributed by atoms with Crippen LogP contribution in [0, 0.1) is 0 Å². The first kappa shape index (κ1) is 15.6. The Kier molecular flexibility index (Phi) is 6.24. The molecule has 8 heteroatoms. The Labute approximate surface area is 108 Å². The number of thioether (sulfide) groups is 1. The van der Waals surface area contributed by atoms with E-state index in [1.807, 2.05) is 9.80 Å². The number of carboxylic acids is 1. The van der Waals surface area contributed by atoms with E-state index in [4.69, 9.17) is 5.11 Å². The van der Waals surface area contributed by atoms with Gasteiger partial charge in [0.15, 0.2) is 0 Å². The summed E-state index contributed by atoms with van der Waals surface area (Å²) < 4.78 is 35.8. The minimum Gasteiger partial charge on any atom is -0.481 e. The van der Waals surface area contributed by atoms with Crippen molar-refractivity contribution in [2.24, 2.45) is 0 Å². The summed E-state index contributed by atoms with van der Waals surface area (Å²) in [5.74, 6) is -0.766. The molecule has 0 atom stereocenters. The van der Waals surface area contributed by atoms with Crippen molar-refractivity contribution in [1.82, 2.24) is 9.80 Å². The third kappa shape index (κ3) is 7.07. The topological polar surface area (TPSA) is 43.8 Å². The second kappa shape index (κ2) is 7.20. The van der Waals surface area contributed by atoms with Gasteiger partial charge in [-0.2, -0.15) is 13.2 Å². The number of carbonyl (C=O) groups is 1. The molecule has 1 aliphatic rings. The van der Waals surface area contributed by atoms with Crippen LogP contribution in [0.4, 0.5) is 13.2 Å². The monoisotopic (exact) mass is 286 g/mol. The summed E-state index contributed by atoms with van der Waals surface area (Å²) >= 11 is 0.00920. The summed E-state index contributed by atoms with van der Waals surface area (Å²) in [5.41, 5.74) is -4.15. The van der Waals surface area contributed by atoms with Crippen LogP contribution in [0.2, 0.25) is 0 Å². The zero-order valence-corrected chi connectivity index (χ0v) is 10.8. The molecule has 1 N–H and O–H groups in total. The molecule has 0 radical (unpaired) electrons. The third-order valence-electron chi connectivity index (χ3n) is 2.78. The maximum absolute atomic E-state index is 11.9. The number of halogens is 3. The summed E-state index contributed by atoms with van der Waals surface area (Å²) in [6.45, 7) is 3.81. The van der Waals surface area contributed by atoms with Crippen molar-refractivity contribution in [1.29, 1.82) is 0 Å². The predicted molar refractivity (Wildman–Crippen MR) is 63.6 cm³/mol. The smallest absolute Gasteiger partial charge is 0.441 e. The van der Waals surface area contributed by atoms with Crippen molar-refractivity contribution >= 4 is 17.7 Å². The van der Waals surface area contributed by atoms with E-state index in [-0.39, 0.29) is 23.9 Å². The fourth-order valence-corrected chi connectivity index (χ4v) is 2.36. The van der Waals surface area contributed by atoms with Crippen molar-refractivity contribution in [3.63, 3.8) is 0 Å². The highest BCUT2D eigenvalue weighted by molar-refractivity contribution is 8.00. The Bertz CT molecular complexity index is 268. The minimum absolute atomic E-state index is 0.00920. The van der Waals surface area contributed by atoms with Gasteiger partial charge in [-0.05, 0) is 11.8 Å². The summed E-state index contributed by atoms with van der Waals surface area (Å²) in [5, 5.41) is 8.54. The summed E-state index contributed by atoms with van der Waals surface area (Å²) in [4.78, 5) is 14.4. The van der Waals surface area contributed by atoms with Crippen LogP contribution < -0.4 is 0 Å². The zero-order valence-electron chi connectivity index (χ0n) is 9.95. The van der Waals surface area contributed by atoms with Gasteiger partial charge in [0.05, 0.1) is 6.42 Å². The van der Waals surface area contributed by atoms with Gasteiger partial charge in [0.25, 0.3) is 0 Å². The Morgan fingerprint density at radius 3 is 2.06 bits per heavy atom. The average Bonchev–Trinajstić information content (AvgIpc) is 2.26. The molecule has 1 fully saturated rings. The molecule has 0 saturated carbocycles. The van der Waals surface area contributed by atoms with Gasteiger partial charge in [-0.15, -0.1) is 0 Å². The molecule has 0 amide bonds. The highest BCUT2D eigenvalue weighted by Gasteiger charge is 2.28. The van der Waals surface area contributed by atoms with Crippen molar-refractivity contribution in [2.45, 2.75) is 11.9 Å². The molecule has 0 aromatic carbocycles. The fourth-order valence-electron chi connectivity index (χ4n) is 1.78. The Hall–Kier alpha value is -0.470. The summed E-state index contributed by atoms with van der Waals surface area (Å²) in [6.07, 6.45) is 0.115. The van der Waals surface area contributed by atoms with Gasteiger partial charge in [-0.3, -0.25) is 9.69 Å². The SMILES string of the molecule is O=C(O)CCN1CCN(CCSC(F)(F)F)CC1. The van der Waals surface area contributed by atoms with Gasteiger partial charge in [-0.25, -0.2) is 0 Å². The normalized spacial score (nSPS) is 19.1. The lowest BCUT2D eigenvalue weighted by molar-refractivity contribution is -0.137. The van der Waals surface area contributed by atoms with Gasteiger partial charge in [-0.1, -0.05) is 0 Å². The quantitative estimate of drug-likeness (QED) is 0.798. The Morgan fingerprint density at radius 1 is 1.11 bits per heavy atom. The number of alkyl halides is 3. The van der Waals surface area contributed by atoms with Crippen LogP contribution in [-0.4, -0.2) is 71.4 Å². The van der Waals surface area contributed by atoms with E-state index in [0.717, 1.165) is 13.1 Å². The second-order valence-corrected chi connectivity index (χ2v) is 5.28.